The van der Waals surface area contributed by atoms with Crippen molar-refractivity contribution in [3.8, 4) is 0 Å². The lowest BCUT2D eigenvalue weighted by molar-refractivity contribution is -0.0317. The Bertz CT molecular complexity index is 824. The molecule has 2 atom stereocenters. The van der Waals surface area contributed by atoms with Crippen LogP contribution >= 0.6 is 0 Å². The zero-order valence-corrected chi connectivity index (χ0v) is 14.4. The van der Waals surface area contributed by atoms with Crippen LogP contribution in [0.1, 0.15) is 29.8 Å². The standard InChI is InChI=1S/C12H19N7O6S/c13-2-1-3-15-11(20)18-5-7-9-6-17(8(4-14)10(7)16-18)12(21)19(9)25-26(22,23)24/h5,8-9H,1-4,6,13-14H2,(H,15,20)(H,22,23,24)/t8-,9-/m1/s1. The summed E-state index contributed by atoms with van der Waals surface area (Å²) in [5, 5.41) is 7.37. The molecule has 3 heterocycles. The number of carbonyl (C=O) groups excluding carboxylic acids is 2. The molecule has 2 bridgehead atoms. The van der Waals surface area contributed by atoms with E-state index in [1.807, 2.05) is 0 Å². The first kappa shape index (κ1) is 18.5. The largest absolute Gasteiger partial charge is 0.418 e. The molecule has 1 saturated heterocycles. The van der Waals surface area contributed by atoms with Crippen molar-refractivity contribution in [2.45, 2.75) is 18.5 Å². The zero-order valence-electron chi connectivity index (χ0n) is 13.6. The predicted octanol–water partition coefficient (Wildman–Crippen LogP) is -1.68. The maximum Gasteiger partial charge on any atom is 0.418 e. The normalized spacial score (nSPS) is 21.9. The minimum absolute atomic E-state index is 0.0109. The average molecular weight is 389 g/mol. The second-order valence-electron chi connectivity index (χ2n) is 5.82. The van der Waals surface area contributed by atoms with Gasteiger partial charge in [-0.3, -0.25) is 4.55 Å². The van der Waals surface area contributed by atoms with E-state index in [1.165, 1.54) is 11.1 Å². The van der Waals surface area contributed by atoms with Gasteiger partial charge in [0.25, 0.3) is 0 Å². The van der Waals surface area contributed by atoms with Crippen LogP contribution in [-0.4, -0.2) is 71.0 Å². The Balaban J connectivity index is 1.92. The van der Waals surface area contributed by atoms with Gasteiger partial charge in [-0.25, -0.2) is 9.59 Å². The third-order valence-electron chi connectivity index (χ3n) is 4.17. The van der Waals surface area contributed by atoms with Gasteiger partial charge in [-0.05, 0) is 13.0 Å². The lowest BCUT2D eigenvalue weighted by Gasteiger charge is -2.28. The Morgan fingerprint density at radius 2 is 2.19 bits per heavy atom. The topological polar surface area (TPSA) is 186 Å². The number of rotatable bonds is 6. The van der Waals surface area contributed by atoms with Crippen LogP contribution in [0, 0.1) is 0 Å². The molecule has 1 fully saturated rings. The van der Waals surface area contributed by atoms with Gasteiger partial charge < -0.3 is 21.7 Å². The number of urea groups is 1. The summed E-state index contributed by atoms with van der Waals surface area (Å²) in [6.45, 7) is 0.888. The minimum Gasteiger partial charge on any atom is -0.336 e. The van der Waals surface area contributed by atoms with E-state index in [2.05, 4.69) is 14.7 Å². The van der Waals surface area contributed by atoms with E-state index in [9.17, 15) is 18.0 Å². The first-order valence-electron chi connectivity index (χ1n) is 7.81. The average Bonchev–Trinajstić information content (AvgIpc) is 3.12. The van der Waals surface area contributed by atoms with E-state index < -0.39 is 34.5 Å². The van der Waals surface area contributed by atoms with E-state index in [-0.39, 0.29) is 13.1 Å². The van der Waals surface area contributed by atoms with E-state index in [1.54, 1.807) is 0 Å². The fourth-order valence-corrected chi connectivity index (χ4v) is 3.42. The molecule has 26 heavy (non-hydrogen) atoms. The van der Waals surface area contributed by atoms with Gasteiger partial charge in [0, 0.05) is 24.8 Å². The van der Waals surface area contributed by atoms with Gasteiger partial charge in [-0.2, -0.15) is 23.3 Å². The van der Waals surface area contributed by atoms with Crippen molar-refractivity contribution in [2.75, 3.05) is 26.2 Å². The van der Waals surface area contributed by atoms with Crippen molar-refractivity contribution in [3.63, 3.8) is 0 Å². The fourth-order valence-electron chi connectivity index (χ4n) is 3.05. The van der Waals surface area contributed by atoms with E-state index in [0.29, 0.717) is 35.8 Å². The molecule has 2 aliphatic rings. The Morgan fingerprint density at radius 1 is 1.46 bits per heavy atom. The van der Waals surface area contributed by atoms with Crippen molar-refractivity contribution in [1.29, 1.82) is 0 Å². The van der Waals surface area contributed by atoms with Crippen LogP contribution in [0.15, 0.2) is 6.20 Å². The summed E-state index contributed by atoms with van der Waals surface area (Å²) in [6, 6.07) is -2.77. The molecular formula is C12H19N7O6S. The molecule has 2 aliphatic heterocycles. The van der Waals surface area contributed by atoms with E-state index >= 15 is 0 Å². The van der Waals surface area contributed by atoms with Crippen LogP contribution in [0.25, 0.3) is 0 Å². The molecule has 14 heteroatoms. The molecule has 0 aromatic carbocycles. The van der Waals surface area contributed by atoms with E-state index in [4.69, 9.17) is 16.0 Å². The molecule has 13 nitrogen and oxygen atoms in total. The molecule has 1 aromatic heterocycles. The lowest BCUT2D eigenvalue weighted by atomic mass is 9.98. The van der Waals surface area contributed by atoms with Crippen LogP contribution in [0.2, 0.25) is 0 Å². The number of hydroxylamine groups is 2. The number of nitrogens with one attached hydrogen (secondary N) is 1. The number of fused-ring (bicyclic) bond motifs is 4. The highest BCUT2D eigenvalue weighted by Gasteiger charge is 2.51. The second kappa shape index (κ2) is 6.81. The van der Waals surface area contributed by atoms with Gasteiger partial charge in [-0.1, -0.05) is 0 Å². The van der Waals surface area contributed by atoms with E-state index in [0.717, 1.165) is 4.68 Å². The maximum absolute atomic E-state index is 12.4. The molecule has 0 saturated carbocycles. The van der Waals surface area contributed by atoms with Crippen molar-refractivity contribution in [2.24, 2.45) is 11.5 Å². The van der Waals surface area contributed by atoms with Crippen LogP contribution in [0.3, 0.4) is 0 Å². The molecule has 3 amide bonds. The highest BCUT2D eigenvalue weighted by atomic mass is 32.3. The van der Waals surface area contributed by atoms with Gasteiger partial charge in [0.1, 0.15) is 6.04 Å². The molecular weight excluding hydrogens is 370 g/mol. The molecule has 1 aromatic rings. The van der Waals surface area contributed by atoms with Crippen molar-refractivity contribution >= 4 is 22.5 Å². The van der Waals surface area contributed by atoms with Gasteiger partial charge in [-0.15, -0.1) is 4.28 Å². The summed E-state index contributed by atoms with van der Waals surface area (Å²) >= 11 is 0. The Labute approximate surface area is 148 Å². The van der Waals surface area contributed by atoms with Crippen molar-refractivity contribution < 1.29 is 26.8 Å². The molecule has 0 aliphatic carbocycles. The summed E-state index contributed by atoms with van der Waals surface area (Å²) < 4.78 is 36.5. The van der Waals surface area contributed by atoms with Gasteiger partial charge >= 0.3 is 22.5 Å². The first-order chi connectivity index (χ1) is 12.3. The molecule has 3 rings (SSSR count). The second-order valence-corrected chi connectivity index (χ2v) is 6.82. The lowest BCUT2D eigenvalue weighted by Crippen LogP contribution is -2.38. The Hall–Kier alpha value is -2.26. The van der Waals surface area contributed by atoms with Crippen LogP contribution in [0.4, 0.5) is 9.59 Å². The number of nitrogens with zero attached hydrogens (tertiary/aromatic N) is 4. The van der Waals surface area contributed by atoms with Crippen LogP contribution in [0.5, 0.6) is 0 Å². The summed E-state index contributed by atoms with van der Waals surface area (Å²) in [4.78, 5) is 25.8. The number of aromatic nitrogens is 2. The number of nitrogens with two attached hydrogens (primary N) is 2. The molecule has 6 N–H and O–H groups in total. The molecule has 0 unspecified atom stereocenters. The smallest absolute Gasteiger partial charge is 0.336 e. The molecule has 0 radical (unpaired) electrons. The summed E-state index contributed by atoms with van der Waals surface area (Å²) in [5.74, 6) is 0. The Kier molecular flexibility index (Phi) is 4.85. The third-order valence-corrected chi connectivity index (χ3v) is 4.52. The highest BCUT2D eigenvalue weighted by molar-refractivity contribution is 7.80. The maximum atomic E-state index is 12.4. The molecule has 0 spiro atoms. The van der Waals surface area contributed by atoms with Gasteiger partial charge in [0.2, 0.25) is 0 Å². The van der Waals surface area contributed by atoms with Crippen LogP contribution < -0.4 is 16.8 Å². The van der Waals surface area contributed by atoms with Gasteiger partial charge in [0.15, 0.2) is 0 Å². The fraction of sp³-hybridized carbons (Fsp3) is 0.583. The van der Waals surface area contributed by atoms with Crippen molar-refractivity contribution in [3.05, 3.63) is 17.5 Å². The Morgan fingerprint density at radius 3 is 2.81 bits per heavy atom. The quantitative estimate of drug-likeness (QED) is 0.325. The number of hydrogen-bond acceptors (Lipinski definition) is 8. The predicted molar refractivity (Wildman–Crippen MR) is 85.8 cm³/mol. The van der Waals surface area contributed by atoms with Crippen molar-refractivity contribution in [1.82, 2.24) is 25.1 Å². The monoisotopic (exact) mass is 389 g/mol. The summed E-state index contributed by atoms with van der Waals surface area (Å²) in [7, 11) is -4.90. The zero-order chi connectivity index (χ0) is 19.1. The minimum atomic E-state index is -4.90. The number of hydrogen-bond donors (Lipinski definition) is 4. The summed E-state index contributed by atoms with van der Waals surface area (Å²) in [6.07, 6.45) is 1.98. The third kappa shape index (κ3) is 3.24. The SMILES string of the molecule is NCCCNC(=O)n1cc2c(n1)[C@@H](CN)N1C[C@H]2N(OS(=O)(=O)O)C1=O. The molecule has 144 valence electrons. The number of amides is 3. The van der Waals surface area contributed by atoms with Gasteiger partial charge in [0.05, 0.1) is 18.3 Å². The number of carbonyl (C=O) groups is 2. The highest BCUT2D eigenvalue weighted by Crippen LogP contribution is 2.43. The van der Waals surface area contributed by atoms with Crippen LogP contribution in [-0.2, 0) is 14.7 Å². The first-order valence-corrected chi connectivity index (χ1v) is 9.18. The summed E-state index contributed by atoms with van der Waals surface area (Å²) in [5.41, 5.74) is 11.9.